The number of hydrogen-bond acceptors (Lipinski definition) is 3. The van der Waals surface area contributed by atoms with Crippen LogP contribution >= 0.6 is 0 Å². The summed E-state index contributed by atoms with van der Waals surface area (Å²) in [5.41, 5.74) is 0.511. The molecule has 0 heterocycles. The Balaban J connectivity index is 2.76. The van der Waals surface area contributed by atoms with E-state index in [1.165, 1.54) is 0 Å². The van der Waals surface area contributed by atoms with E-state index in [1.54, 1.807) is 24.3 Å². The monoisotopic (exact) mass is 283 g/mol. The highest BCUT2D eigenvalue weighted by molar-refractivity contribution is 7.85. The summed E-state index contributed by atoms with van der Waals surface area (Å²) >= 11 is 0. The lowest BCUT2D eigenvalue weighted by Crippen LogP contribution is -2.36. The molecule has 2 atom stereocenters. The molecule has 0 fully saturated rings. The van der Waals surface area contributed by atoms with Crippen LogP contribution in [-0.2, 0) is 10.8 Å². The molecule has 1 aromatic carbocycles. The molecular weight excluding hydrogens is 262 g/mol. The number of benzene rings is 1. The van der Waals surface area contributed by atoms with Crippen LogP contribution in [0.2, 0.25) is 0 Å². The molecule has 0 aliphatic heterocycles. The number of aliphatic hydroxyl groups excluding tert-OH is 1. The molecule has 1 amide bonds. The average Bonchev–Trinajstić information content (AvgIpc) is 2.43. The van der Waals surface area contributed by atoms with Gasteiger partial charge < -0.3 is 10.4 Å². The van der Waals surface area contributed by atoms with Gasteiger partial charge in [-0.3, -0.25) is 9.00 Å². The standard InChI is InChI=1S/C14H21NO3S/c1-4-12(9-16)15-14(17)11-5-7-13(8-6-11)19(18)10(2)3/h5-8,10,12,16H,4,9H2,1-3H3,(H,15,17). The molecule has 19 heavy (non-hydrogen) atoms. The van der Waals surface area contributed by atoms with Gasteiger partial charge in [-0.1, -0.05) is 20.8 Å². The van der Waals surface area contributed by atoms with Crippen molar-refractivity contribution < 1.29 is 14.1 Å². The zero-order valence-corrected chi connectivity index (χ0v) is 12.4. The first-order chi connectivity index (χ1) is 8.99. The first kappa shape index (κ1) is 15.9. The quantitative estimate of drug-likeness (QED) is 0.835. The first-order valence-electron chi connectivity index (χ1n) is 6.42. The van der Waals surface area contributed by atoms with Gasteiger partial charge in [-0.15, -0.1) is 0 Å². The molecule has 0 spiro atoms. The Morgan fingerprint density at radius 3 is 2.32 bits per heavy atom. The Bertz CT molecular complexity index is 439. The predicted octanol–water partition coefficient (Wildman–Crippen LogP) is 1.70. The molecular formula is C14H21NO3S. The molecule has 0 aliphatic carbocycles. The van der Waals surface area contributed by atoms with E-state index in [4.69, 9.17) is 5.11 Å². The van der Waals surface area contributed by atoms with Gasteiger partial charge >= 0.3 is 0 Å². The number of amides is 1. The van der Waals surface area contributed by atoms with Gasteiger partial charge in [0.25, 0.3) is 5.91 Å². The zero-order chi connectivity index (χ0) is 14.4. The topological polar surface area (TPSA) is 66.4 Å². The van der Waals surface area contributed by atoms with Gasteiger partial charge in [0.2, 0.25) is 0 Å². The van der Waals surface area contributed by atoms with Crippen molar-refractivity contribution in [1.82, 2.24) is 5.32 Å². The highest BCUT2D eigenvalue weighted by Gasteiger charge is 2.13. The molecule has 0 bridgehead atoms. The second kappa shape index (κ2) is 7.40. The Kier molecular flexibility index (Phi) is 6.18. The van der Waals surface area contributed by atoms with Crippen LogP contribution in [0.15, 0.2) is 29.2 Å². The smallest absolute Gasteiger partial charge is 0.251 e. The van der Waals surface area contributed by atoms with Gasteiger partial charge in [0, 0.05) is 15.7 Å². The van der Waals surface area contributed by atoms with E-state index in [9.17, 15) is 9.00 Å². The molecule has 5 heteroatoms. The highest BCUT2D eigenvalue weighted by atomic mass is 32.2. The van der Waals surface area contributed by atoms with E-state index in [0.29, 0.717) is 12.0 Å². The lowest BCUT2D eigenvalue weighted by molar-refractivity contribution is 0.0915. The fourth-order valence-electron chi connectivity index (χ4n) is 1.56. The minimum atomic E-state index is -1.04. The number of nitrogens with one attached hydrogen (secondary N) is 1. The molecule has 2 N–H and O–H groups in total. The summed E-state index contributed by atoms with van der Waals surface area (Å²) in [6, 6.07) is 6.52. The maximum Gasteiger partial charge on any atom is 0.251 e. The third-order valence-electron chi connectivity index (χ3n) is 2.83. The fourth-order valence-corrected chi connectivity index (χ4v) is 2.51. The van der Waals surface area contributed by atoms with Crippen molar-refractivity contribution in [2.75, 3.05) is 6.61 Å². The molecule has 4 nitrogen and oxygen atoms in total. The molecule has 2 unspecified atom stereocenters. The van der Waals surface area contributed by atoms with Gasteiger partial charge in [0.05, 0.1) is 23.4 Å². The molecule has 0 aliphatic rings. The number of rotatable bonds is 6. The summed E-state index contributed by atoms with van der Waals surface area (Å²) in [7, 11) is -1.04. The van der Waals surface area contributed by atoms with Crippen LogP contribution in [0.25, 0.3) is 0 Å². The zero-order valence-electron chi connectivity index (χ0n) is 11.6. The summed E-state index contributed by atoms with van der Waals surface area (Å²) in [4.78, 5) is 12.6. The predicted molar refractivity (Wildman–Crippen MR) is 76.6 cm³/mol. The second-order valence-corrected chi connectivity index (χ2v) is 6.64. The van der Waals surface area contributed by atoms with Gasteiger partial charge in [-0.2, -0.15) is 0 Å². The van der Waals surface area contributed by atoms with Gasteiger partial charge in [0.15, 0.2) is 0 Å². The molecule has 0 radical (unpaired) electrons. The summed E-state index contributed by atoms with van der Waals surface area (Å²) in [5.74, 6) is -0.220. The number of hydrogen-bond donors (Lipinski definition) is 2. The van der Waals surface area contributed by atoms with Crippen molar-refractivity contribution in [2.24, 2.45) is 0 Å². The van der Waals surface area contributed by atoms with Crippen LogP contribution in [0, 0.1) is 0 Å². The minimum Gasteiger partial charge on any atom is -0.394 e. The van der Waals surface area contributed by atoms with Gasteiger partial charge in [-0.25, -0.2) is 0 Å². The Labute approximate surface area is 116 Å². The highest BCUT2D eigenvalue weighted by Crippen LogP contribution is 2.12. The lowest BCUT2D eigenvalue weighted by Gasteiger charge is -2.14. The van der Waals surface area contributed by atoms with Crippen molar-refractivity contribution >= 4 is 16.7 Å². The van der Waals surface area contributed by atoms with E-state index in [0.717, 1.165) is 4.90 Å². The Morgan fingerprint density at radius 1 is 1.32 bits per heavy atom. The number of carbonyl (C=O) groups excluding carboxylic acids is 1. The van der Waals surface area contributed by atoms with Gasteiger partial charge in [-0.05, 0) is 30.7 Å². The van der Waals surface area contributed by atoms with Crippen LogP contribution < -0.4 is 5.32 Å². The van der Waals surface area contributed by atoms with Crippen molar-refractivity contribution in [2.45, 2.75) is 43.4 Å². The molecule has 1 aromatic rings. The third-order valence-corrected chi connectivity index (χ3v) is 4.42. The lowest BCUT2D eigenvalue weighted by atomic mass is 10.2. The van der Waals surface area contributed by atoms with Crippen LogP contribution in [0.1, 0.15) is 37.6 Å². The molecule has 1 rings (SSSR count). The fraction of sp³-hybridized carbons (Fsp3) is 0.500. The van der Waals surface area contributed by atoms with E-state index >= 15 is 0 Å². The molecule has 0 saturated heterocycles. The second-order valence-electron chi connectivity index (χ2n) is 4.63. The molecule has 106 valence electrons. The van der Waals surface area contributed by atoms with Crippen LogP contribution in [-0.4, -0.2) is 33.1 Å². The van der Waals surface area contributed by atoms with Crippen LogP contribution in [0.4, 0.5) is 0 Å². The van der Waals surface area contributed by atoms with E-state index < -0.39 is 10.8 Å². The van der Waals surface area contributed by atoms with Crippen molar-refractivity contribution in [3.8, 4) is 0 Å². The van der Waals surface area contributed by atoms with E-state index in [-0.39, 0.29) is 23.8 Å². The minimum absolute atomic E-state index is 0.0542. The summed E-state index contributed by atoms with van der Waals surface area (Å²) < 4.78 is 11.9. The molecule has 0 aromatic heterocycles. The first-order valence-corrected chi connectivity index (χ1v) is 7.63. The van der Waals surface area contributed by atoms with Crippen molar-refractivity contribution in [3.63, 3.8) is 0 Å². The van der Waals surface area contributed by atoms with Gasteiger partial charge in [0.1, 0.15) is 0 Å². The number of aliphatic hydroxyl groups is 1. The maximum atomic E-state index is 11.9. The largest absolute Gasteiger partial charge is 0.394 e. The van der Waals surface area contributed by atoms with E-state index in [2.05, 4.69) is 5.32 Å². The third kappa shape index (κ3) is 4.44. The normalized spacial score (nSPS) is 14.2. The number of carbonyl (C=O) groups is 1. The van der Waals surface area contributed by atoms with Crippen molar-refractivity contribution in [1.29, 1.82) is 0 Å². The average molecular weight is 283 g/mol. The Morgan fingerprint density at radius 2 is 1.89 bits per heavy atom. The summed E-state index contributed by atoms with van der Waals surface area (Å²) in [6.07, 6.45) is 0.678. The Hall–Kier alpha value is -1.20. The maximum absolute atomic E-state index is 11.9. The summed E-state index contributed by atoms with van der Waals surface area (Å²) in [5, 5.41) is 11.8. The van der Waals surface area contributed by atoms with E-state index in [1.807, 2.05) is 20.8 Å². The van der Waals surface area contributed by atoms with Crippen LogP contribution in [0.5, 0.6) is 0 Å². The van der Waals surface area contributed by atoms with Crippen LogP contribution in [0.3, 0.4) is 0 Å². The summed E-state index contributed by atoms with van der Waals surface area (Å²) in [6.45, 7) is 5.61. The SMILES string of the molecule is CCC(CO)NC(=O)c1ccc(S(=O)C(C)C)cc1. The van der Waals surface area contributed by atoms with Crippen molar-refractivity contribution in [3.05, 3.63) is 29.8 Å². The molecule has 0 saturated carbocycles.